The second-order valence-corrected chi connectivity index (χ2v) is 9.76. The number of likely N-dealkylation sites (tertiary alicyclic amines) is 1. The first-order valence-corrected chi connectivity index (χ1v) is 12.4. The third-order valence-corrected chi connectivity index (χ3v) is 6.59. The van der Waals surface area contributed by atoms with Crippen molar-refractivity contribution in [1.29, 1.82) is 0 Å². The van der Waals surface area contributed by atoms with Crippen LogP contribution in [0.15, 0.2) is 71.7 Å². The Balaban J connectivity index is 0.000000328. The van der Waals surface area contributed by atoms with Crippen molar-refractivity contribution in [1.82, 2.24) is 9.88 Å². The molecule has 2 fully saturated rings. The van der Waals surface area contributed by atoms with E-state index in [-0.39, 0.29) is 11.8 Å². The van der Waals surface area contributed by atoms with E-state index in [1.807, 2.05) is 71.1 Å². The summed E-state index contributed by atoms with van der Waals surface area (Å²) < 4.78 is 0. The van der Waals surface area contributed by atoms with Gasteiger partial charge in [0.15, 0.2) is 0 Å². The largest absolute Gasteiger partial charge is 0.506 e. The summed E-state index contributed by atoms with van der Waals surface area (Å²) in [5.41, 5.74) is 17.5. The van der Waals surface area contributed by atoms with Crippen molar-refractivity contribution in [2.24, 2.45) is 21.9 Å². The van der Waals surface area contributed by atoms with Crippen molar-refractivity contribution in [3.05, 3.63) is 83.6 Å². The van der Waals surface area contributed by atoms with Gasteiger partial charge >= 0.3 is 0 Å². The van der Waals surface area contributed by atoms with Crippen molar-refractivity contribution >= 4 is 11.5 Å². The topological polar surface area (TPSA) is 101 Å². The fourth-order valence-corrected chi connectivity index (χ4v) is 4.20. The number of aliphatic imine (C=N–C) groups is 1. The Bertz CT molecular complexity index is 1030. The molecule has 6 nitrogen and oxygen atoms in total. The van der Waals surface area contributed by atoms with E-state index in [4.69, 9.17) is 21.6 Å². The van der Waals surface area contributed by atoms with Crippen LogP contribution in [-0.4, -0.2) is 39.8 Å². The van der Waals surface area contributed by atoms with E-state index >= 15 is 0 Å². The van der Waals surface area contributed by atoms with Gasteiger partial charge in [0.05, 0.1) is 0 Å². The van der Waals surface area contributed by atoms with Crippen LogP contribution in [-0.2, 0) is 0 Å². The molecule has 0 bridgehead atoms. The molecule has 1 atom stereocenters. The van der Waals surface area contributed by atoms with E-state index in [1.165, 1.54) is 25.7 Å². The number of aryl methyl sites for hydroxylation is 2. The molecule has 1 aromatic rings. The van der Waals surface area contributed by atoms with Gasteiger partial charge in [0.1, 0.15) is 17.3 Å². The third kappa shape index (κ3) is 8.55. The summed E-state index contributed by atoms with van der Waals surface area (Å²) in [4.78, 5) is 11.3. The van der Waals surface area contributed by atoms with Crippen molar-refractivity contribution < 1.29 is 5.11 Å². The lowest BCUT2D eigenvalue weighted by Gasteiger charge is -2.34. The van der Waals surface area contributed by atoms with Gasteiger partial charge in [-0.05, 0) is 82.9 Å². The van der Waals surface area contributed by atoms with Crippen LogP contribution in [0.25, 0.3) is 5.76 Å². The average Bonchev–Trinajstić information content (AvgIpc) is 3.54. The van der Waals surface area contributed by atoms with Crippen LogP contribution in [0.4, 0.5) is 0 Å². The Labute approximate surface area is 211 Å². The van der Waals surface area contributed by atoms with Gasteiger partial charge in [-0.1, -0.05) is 37.5 Å². The zero-order chi connectivity index (χ0) is 26.2. The van der Waals surface area contributed by atoms with Crippen molar-refractivity contribution in [2.45, 2.75) is 66.3 Å². The molecule has 2 heterocycles. The van der Waals surface area contributed by atoms with Crippen LogP contribution >= 0.6 is 0 Å². The normalized spacial score (nSPS) is 18.8. The van der Waals surface area contributed by atoms with E-state index in [0.29, 0.717) is 16.8 Å². The second kappa shape index (κ2) is 12.5. The summed E-state index contributed by atoms with van der Waals surface area (Å²) >= 11 is 0. The summed E-state index contributed by atoms with van der Waals surface area (Å²) in [5.74, 6) is 0.939. The molecule has 1 unspecified atom stereocenters. The Kier molecular flexibility index (Phi) is 10.1. The SMILES string of the molecule is C=C(N)\C=C(/N=C(C)/C(=C\C=C/C)C(C)N)N1CCC2(CC1)CC2.C=C(O)c1nc(C)ccc1C. The molecular weight excluding hydrogens is 434 g/mol. The van der Waals surface area contributed by atoms with Gasteiger partial charge in [-0.3, -0.25) is 0 Å². The lowest BCUT2D eigenvalue weighted by atomic mass is 9.94. The molecule has 1 aliphatic carbocycles. The maximum absolute atomic E-state index is 9.07. The molecule has 2 aliphatic rings. The lowest BCUT2D eigenvalue weighted by Crippen LogP contribution is -2.34. The second-order valence-electron chi connectivity index (χ2n) is 9.76. The van der Waals surface area contributed by atoms with E-state index in [9.17, 15) is 0 Å². The molecule has 1 aliphatic heterocycles. The van der Waals surface area contributed by atoms with Crippen molar-refractivity contribution in [2.75, 3.05) is 13.1 Å². The van der Waals surface area contributed by atoms with Gasteiger partial charge in [-0.2, -0.15) is 0 Å². The Morgan fingerprint density at radius 1 is 1.20 bits per heavy atom. The Morgan fingerprint density at radius 2 is 1.83 bits per heavy atom. The van der Waals surface area contributed by atoms with Gasteiger partial charge in [-0.15, -0.1) is 0 Å². The monoisotopic (exact) mass is 477 g/mol. The number of pyridine rings is 1. The van der Waals surface area contributed by atoms with Crippen molar-refractivity contribution in [3.8, 4) is 0 Å². The smallest absolute Gasteiger partial charge is 0.134 e. The lowest BCUT2D eigenvalue weighted by molar-refractivity contribution is 0.211. The predicted octanol–water partition coefficient (Wildman–Crippen LogP) is 5.71. The number of piperidine rings is 1. The minimum Gasteiger partial charge on any atom is -0.506 e. The van der Waals surface area contributed by atoms with Crippen LogP contribution in [0.1, 0.15) is 63.4 Å². The highest BCUT2D eigenvalue weighted by Gasteiger charge is 2.44. The fourth-order valence-electron chi connectivity index (χ4n) is 4.20. The highest BCUT2D eigenvalue weighted by atomic mass is 16.3. The zero-order valence-corrected chi connectivity index (χ0v) is 22.1. The predicted molar refractivity (Wildman–Crippen MR) is 149 cm³/mol. The van der Waals surface area contributed by atoms with Gasteiger partial charge in [0, 0.05) is 42.3 Å². The van der Waals surface area contributed by atoms with E-state index < -0.39 is 0 Å². The maximum atomic E-state index is 9.07. The number of hydrogen-bond donors (Lipinski definition) is 3. The number of rotatable bonds is 7. The van der Waals surface area contributed by atoms with Crippen LogP contribution < -0.4 is 11.5 Å². The van der Waals surface area contributed by atoms with E-state index in [0.717, 1.165) is 41.5 Å². The van der Waals surface area contributed by atoms with Crippen LogP contribution in [0, 0.1) is 19.3 Å². The minimum atomic E-state index is -0.0663. The quantitative estimate of drug-likeness (QED) is 0.265. The number of hydrogen-bond acceptors (Lipinski definition) is 6. The summed E-state index contributed by atoms with van der Waals surface area (Å²) in [6.07, 6.45) is 13.2. The standard InChI is InChI=1S/C20H32N4.C9H11NO/c1-5-6-7-18(16(3)22)17(4)23-19(14-15(2)21)24-12-10-20(8-9-20)11-13-24;1-6-4-5-7(2)10-9(6)8(3)11/h5-7,14,16H,2,8-13,21-22H2,1,3-4H3;4-5,11H,3H2,1-2H3/b6-5-,18-7-,19-14+,23-17+;. The molecule has 190 valence electrons. The molecule has 1 aromatic heterocycles. The molecule has 35 heavy (non-hydrogen) atoms. The van der Waals surface area contributed by atoms with Crippen LogP contribution in [0.3, 0.4) is 0 Å². The molecule has 6 heteroatoms. The van der Waals surface area contributed by atoms with Gasteiger partial charge < -0.3 is 21.5 Å². The molecule has 1 spiro atoms. The molecule has 1 saturated carbocycles. The number of aliphatic hydroxyl groups excluding tert-OH is 1. The summed E-state index contributed by atoms with van der Waals surface area (Å²) in [6.45, 7) is 19.1. The highest BCUT2D eigenvalue weighted by molar-refractivity contribution is 6.00. The molecule has 3 rings (SSSR count). The maximum Gasteiger partial charge on any atom is 0.134 e. The number of nitrogens with zero attached hydrogens (tertiary/aromatic N) is 3. The minimum absolute atomic E-state index is 0.0335. The summed E-state index contributed by atoms with van der Waals surface area (Å²) in [5, 5.41) is 9.07. The first-order chi connectivity index (χ1) is 16.5. The molecule has 0 radical (unpaired) electrons. The number of nitrogens with two attached hydrogens (primary N) is 2. The van der Waals surface area contributed by atoms with Crippen LogP contribution in [0.5, 0.6) is 0 Å². The van der Waals surface area contributed by atoms with Crippen LogP contribution in [0.2, 0.25) is 0 Å². The summed E-state index contributed by atoms with van der Waals surface area (Å²) in [6, 6.07) is 3.75. The third-order valence-electron chi connectivity index (χ3n) is 6.59. The Hall–Kier alpha value is -3.12. The average molecular weight is 478 g/mol. The van der Waals surface area contributed by atoms with Gasteiger partial charge in [0.2, 0.25) is 0 Å². The fraction of sp³-hybridized carbons (Fsp3) is 0.448. The molecule has 0 amide bonds. The zero-order valence-electron chi connectivity index (χ0n) is 22.1. The van der Waals surface area contributed by atoms with Gasteiger partial charge in [0.25, 0.3) is 0 Å². The van der Waals surface area contributed by atoms with E-state index in [2.05, 4.69) is 23.0 Å². The summed E-state index contributed by atoms with van der Waals surface area (Å²) in [7, 11) is 0. The number of aliphatic hydroxyl groups is 1. The molecule has 1 saturated heterocycles. The van der Waals surface area contributed by atoms with Gasteiger partial charge in [-0.25, -0.2) is 9.98 Å². The molecular formula is C29H43N5O. The first-order valence-electron chi connectivity index (χ1n) is 12.4. The number of aromatic nitrogens is 1. The number of allylic oxidation sites excluding steroid dienone is 4. The highest BCUT2D eigenvalue weighted by Crippen LogP contribution is 2.53. The molecule has 5 N–H and O–H groups in total. The van der Waals surface area contributed by atoms with Crippen molar-refractivity contribution in [3.63, 3.8) is 0 Å². The molecule has 0 aromatic carbocycles. The Morgan fingerprint density at radius 3 is 2.29 bits per heavy atom. The van der Waals surface area contributed by atoms with E-state index in [1.54, 1.807) is 0 Å². The first kappa shape index (κ1) is 28.1.